The number of fused-ring (bicyclic) bond motifs is 2. The third-order valence-corrected chi connectivity index (χ3v) is 6.22. The average molecular weight is 387 g/mol. The molecule has 29 heavy (non-hydrogen) atoms. The monoisotopic (exact) mass is 387 g/mol. The van der Waals surface area contributed by atoms with Crippen LogP contribution in [0.2, 0.25) is 0 Å². The summed E-state index contributed by atoms with van der Waals surface area (Å²) in [5.41, 5.74) is 2.94. The molecule has 5 rings (SSSR count). The molecule has 0 unspecified atom stereocenters. The summed E-state index contributed by atoms with van der Waals surface area (Å²) in [7, 11) is 0. The van der Waals surface area contributed by atoms with Gasteiger partial charge in [-0.05, 0) is 49.9 Å². The number of hydrogen-bond acceptors (Lipinski definition) is 5. The maximum Gasteiger partial charge on any atom is 0.255 e. The van der Waals surface area contributed by atoms with Crippen LogP contribution in [0.3, 0.4) is 0 Å². The first-order chi connectivity index (χ1) is 14.2. The van der Waals surface area contributed by atoms with Gasteiger partial charge in [0.05, 0.1) is 11.3 Å². The summed E-state index contributed by atoms with van der Waals surface area (Å²) < 4.78 is 0. The van der Waals surface area contributed by atoms with Gasteiger partial charge in [0.25, 0.3) is 11.5 Å². The maximum absolute atomic E-state index is 12.8. The van der Waals surface area contributed by atoms with E-state index in [0.717, 1.165) is 42.5 Å². The molecule has 3 aromatic heterocycles. The summed E-state index contributed by atoms with van der Waals surface area (Å²) in [6.45, 7) is 1.31. The van der Waals surface area contributed by atoms with Crippen molar-refractivity contribution in [2.75, 3.05) is 13.1 Å². The molecule has 0 saturated carbocycles. The van der Waals surface area contributed by atoms with Gasteiger partial charge in [0.1, 0.15) is 5.82 Å². The van der Waals surface area contributed by atoms with Crippen LogP contribution in [0.4, 0.5) is 0 Å². The third-order valence-electron chi connectivity index (χ3n) is 6.22. The Morgan fingerprint density at radius 1 is 1.03 bits per heavy atom. The molecule has 1 N–H and O–H groups in total. The number of carbonyl (C=O) groups excluding carboxylic acids is 1. The van der Waals surface area contributed by atoms with Crippen molar-refractivity contribution in [2.45, 2.75) is 31.1 Å². The van der Waals surface area contributed by atoms with E-state index in [2.05, 4.69) is 15.0 Å². The number of likely N-dealkylation sites (tertiary alicyclic amines) is 1. The Kier molecular flexibility index (Phi) is 4.23. The van der Waals surface area contributed by atoms with Crippen molar-refractivity contribution in [3.63, 3.8) is 0 Å². The molecule has 2 aliphatic rings. The van der Waals surface area contributed by atoms with Crippen LogP contribution in [0, 0.1) is 0 Å². The van der Waals surface area contributed by atoms with Gasteiger partial charge in [-0.3, -0.25) is 19.6 Å². The summed E-state index contributed by atoms with van der Waals surface area (Å²) in [4.78, 5) is 43.3. The number of rotatable bonds is 2. The second kappa shape index (κ2) is 6.92. The molecule has 1 aliphatic heterocycles. The van der Waals surface area contributed by atoms with E-state index in [1.54, 1.807) is 36.9 Å². The fourth-order valence-electron chi connectivity index (χ4n) is 4.59. The predicted molar refractivity (Wildman–Crippen MR) is 107 cm³/mol. The molecular weight excluding hydrogens is 366 g/mol. The molecule has 0 radical (unpaired) electrons. The van der Waals surface area contributed by atoms with Gasteiger partial charge in [-0.1, -0.05) is 0 Å². The van der Waals surface area contributed by atoms with Crippen molar-refractivity contribution in [1.82, 2.24) is 24.8 Å². The first-order valence-corrected chi connectivity index (χ1v) is 9.90. The van der Waals surface area contributed by atoms with Gasteiger partial charge in [-0.2, -0.15) is 0 Å². The first kappa shape index (κ1) is 17.7. The molecule has 1 aliphatic carbocycles. The van der Waals surface area contributed by atoms with Crippen molar-refractivity contribution in [3.8, 4) is 11.4 Å². The van der Waals surface area contributed by atoms with E-state index in [1.807, 2.05) is 17.0 Å². The lowest BCUT2D eigenvalue weighted by Crippen LogP contribution is -2.44. The van der Waals surface area contributed by atoms with Gasteiger partial charge in [-0.25, -0.2) is 4.98 Å². The highest BCUT2D eigenvalue weighted by Gasteiger charge is 2.44. The zero-order valence-corrected chi connectivity index (χ0v) is 16.0. The normalized spacial score (nSPS) is 17.3. The molecule has 3 aromatic rings. The summed E-state index contributed by atoms with van der Waals surface area (Å²) in [6.07, 6.45) is 9.96. The van der Waals surface area contributed by atoms with Crippen molar-refractivity contribution in [1.29, 1.82) is 0 Å². The van der Waals surface area contributed by atoms with E-state index in [-0.39, 0.29) is 16.9 Å². The number of hydrogen-bond donors (Lipinski definition) is 1. The summed E-state index contributed by atoms with van der Waals surface area (Å²) in [5, 5.41) is 0. The molecule has 1 spiro atoms. The summed E-state index contributed by atoms with van der Waals surface area (Å²) >= 11 is 0. The summed E-state index contributed by atoms with van der Waals surface area (Å²) in [5.74, 6) is 0.582. The lowest BCUT2D eigenvalue weighted by atomic mass is 9.76. The molecule has 146 valence electrons. The third kappa shape index (κ3) is 3.03. The molecule has 7 nitrogen and oxygen atoms in total. The van der Waals surface area contributed by atoms with E-state index in [9.17, 15) is 9.59 Å². The van der Waals surface area contributed by atoms with E-state index >= 15 is 0 Å². The van der Waals surface area contributed by atoms with Gasteiger partial charge in [0.15, 0.2) is 0 Å². The minimum Gasteiger partial charge on any atom is -0.339 e. The largest absolute Gasteiger partial charge is 0.339 e. The fourth-order valence-corrected chi connectivity index (χ4v) is 4.59. The molecule has 7 heteroatoms. The zero-order chi connectivity index (χ0) is 19.8. The smallest absolute Gasteiger partial charge is 0.255 e. The van der Waals surface area contributed by atoms with E-state index in [1.165, 1.54) is 0 Å². The molecule has 0 aromatic carbocycles. The van der Waals surface area contributed by atoms with Crippen LogP contribution < -0.4 is 5.56 Å². The number of aromatic amines is 1. The minimum atomic E-state index is -0.133. The first-order valence-electron chi connectivity index (χ1n) is 9.90. The van der Waals surface area contributed by atoms with Crippen LogP contribution in [-0.4, -0.2) is 43.8 Å². The molecule has 4 heterocycles. The Labute approximate surface area is 167 Å². The number of carbonyl (C=O) groups is 1. The lowest BCUT2D eigenvalue weighted by molar-refractivity contribution is 0.0663. The maximum atomic E-state index is 12.8. The van der Waals surface area contributed by atoms with Gasteiger partial charge in [0, 0.05) is 54.4 Å². The van der Waals surface area contributed by atoms with E-state index < -0.39 is 0 Å². The van der Waals surface area contributed by atoms with Crippen LogP contribution in [0.15, 0.2) is 53.8 Å². The molecule has 0 bridgehead atoms. The molecular formula is C22H21N5O2. The predicted octanol–water partition coefficient (Wildman–Crippen LogP) is 2.35. The fraction of sp³-hybridized carbons (Fsp3) is 0.318. The van der Waals surface area contributed by atoms with E-state index in [0.29, 0.717) is 24.5 Å². The van der Waals surface area contributed by atoms with Crippen molar-refractivity contribution >= 4 is 5.91 Å². The topological polar surface area (TPSA) is 91.8 Å². The number of aromatic nitrogens is 4. The second-order valence-corrected chi connectivity index (χ2v) is 7.80. The van der Waals surface area contributed by atoms with Crippen LogP contribution in [0.1, 0.15) is 40.9 Å². The van der Waals surface area contributed by atoms with Gasteiger partial charge < -0.3 is 9.88 Å². The number of nitrogens with one attached hydrogen (secondary N) is 1. The summed E-state index contributed by atoms with van der Waals surface area (Å²) in [6, 6.07) is 7.31. The minimum absolute atomic E-state index is 0.0149. The van der Waals surface area contributed by atoms with Crippen LogP contribution in [0.25, 0.3) is 11.4 Å². The number of pyridine rings is 2. The highest BCUT2D eigenvalue weighted by atomic mass is 16.2. The van der Waals surface area contributed by atoms with Gasteiger partial charge in [0.2, 0.25) is 0 Å². The van der Waals surface area contributed by atoms with Crippen molar-refractivity contribution < 1.29 is 4.79 Å². The Morgan fingerprint density at radius 3 is 2.48 bits per heavy atom. The van der Waals surface area contributed by atoms with Crippen molar-refractivity contribution in [2.24, 2.45) is 0 Å². The lowest BCUT2D eigenvalue weighted by Gasteiger charge is -2.39. The van der Waals surface area contributed by atoms with Crippen molar-refractivity contribution in [3.05, 3.63) is 76.2 Å². The van der Waals surface area contributed by atoms with Gasteiger partial charge in [-0.15, -0.1) is 0 Å². The molecule has 1 fully saturated rings. The van der Waals surface area contributed by atoms with Gasteiger partial charge >= 0.3 is 0 Å². The van der Waals surface area contributed by atoms with E-state index in [4.69, 9.17) is 4.98 Å². The number of amides is 1. The SMILES string of the molecule is O=C(c1cccnc1)N1CCC2(CCc3c2nc(-c2cccnc2)[nH]c3=O)CC1. The quantitative estimate of drug-likeness (QED) is 0.729. The van der Waals surface area contributed by atoms with Crippen LogP contribution in [-0.2, 0) is 11.8 Å². The second-order valence-electron chi connectivity index (χ2n) is 7.80. The Hall–Kier alpha value is -3.35. The number of H-pyrrole nitrogens is 1. The molecule has 1 saturated heterocycles. The number of piperidine rings is 1. The average Bonchev–Trinajstić information content (AvgIpc) is 3.13. The highest BCUT2D eigenvalue weighted by molar-refractivity contribution is 5.93. The zero-order valence-electron chi connectivity index (χ0n) is 16.0. The Balaban J connectivity index is 1.43. The standard InChI is InChI=1S/C22H21N5O2/c28-20-17-5-6-22(18(17)25-19(26-20)15-3-1-9-23-13-15)7-11-27(12-8-22)21(29)16-4-2-10-24-14-16/h1-4,9-10,13-14H,5-8,11-12H2,(H,25,26,28). The van der Waals surface area contributed by atoms with Crippen LogP contribution >= 0.6 is 0 Å². The Morgan fingerprint density at radius 2 is 1.79 bits per heavy atom. The molecule has 1 amide bonds. The number of nitrogens with zero attached hydrogens (tertiary/aromatic N) is 4. The molecule has 0 atom stereocenters. The Bertz CT molecular complexity index is 1100. The van der Waals surface area contributed by atoms with Crippen LogP contribution in [0.5, 0.6) is 0 Å². The highest BCUT2D eigenvalue weighted by Crippen LogP contribution is 2.44.